The van der Waals surface area contributed by atoms with Crippen LogP contribution in [0.5, 0.6) is 0 Å². The standard InChI is InChI=1S/C8H6ClNS2.C2H6/c1-11-7-4-5-2-3-6(9)10-8(5)12-7;1-2/h2-4H,1H3;1-2H3. The molecule has 2 aromatic rings. The average molecular weight is 246 g/mol. The molecule has 0 aromatic carbocycles. The molecule has 2 aromatic heterocycles. The molecule has 14 heavy (non-hydrogen) atoms. The van der Waals surface area contributed by atoms with Crippen molar-refractivity contribution in [2.24, 2.45) is 0 Å². The summed E-state index contributed by atoms with van der Waals surface area (Å²) in [7, 11) is 0. The van der Waals surface area contributed by atoms with Gasteiger partial charge in [-0.1, -0.05) is 25.4 Å². The average Bonchev–Trinajstić information content (AvgIpc) is 2.62. The normalized spacial score (nSPS) is 9.71. The number of aromatic nitrogens is 1. The zero-order valence-electron chi connectivity index (χ0n) is 8.37. The van der Waals surface area contributed by atoms with Gasteiger partial charge < -0.3 is 0 Å². The molecule has 0 unspecified atom stereocenters. The van der Waals surface area contributed by atoms with Crippen LogP contribution in [-0.4, -0.2) is 11.2 Å². The van der Waals surface area contributed by atoms with Gasteiger partial charge in [0.1, 0.15) is 9.98 Å². The van der Waals surface area contributed by atoms with E-state index < -0.39 is 0 Å². The van der Waals surface area contributed by atoms with Crippen molar-refractivity contribution in [1.82, 2.24) is 4.98 Å². The monoisotopic (exact) mass is 245 g/mol. The van der Waals surface area contributed by atoms with Crippen molar-refractivity contribution in [2.75, 3.05) is 6.26 Å². The highest BCUT2D eigenvalue weighted by atomic mass is 35.5. The molecule has 1 nitrogen and oxygen atoms in total. The summed E-state index contributed by atoms with van der Waals surface area (Å²) >= 11 is 9.17. The highest BCUT2D eigenvalue weighted by Crippen LogP contribution is 2.30. The van der Waals surface area contributed by atoms with Crippen LogP contribution in [0.1, 0.15) is 13.8 Å². The van der Waals surface area contributed by atoms with Gasteiger partial charge in [-0.15, -0.1) is 23.1 Å². The number of hydrogen-bond donors (Lipinski definition) is 0. The van der Waals surface area contributed by atoms with Gasteiger partial charge in [0.15, 0.2) is 0 Å². The molecular formula is C10H12ClNS2. The highest BCUT2D eigenvalue weighted by molar-refractivity contribution is 8.00. The van der Waals surface area contributed by atoms with Crippen LogP contribution >= 0.6 is 34.7 Å². The van der Waals surface area contributed by atoms with Gasteiger partial charge in [-0.3, -0.25) is 0 Å². The fraction of sp³-hybridized carbons (Fsp3) is 0.300. The summed E-state index contributed by atoms with van der Waals surface area (Å²) in [4.78, 5) is 5.24. The Kier molecular flexibility index (Phi) is 4.72. The second-order valence-corrected chi connectivity index (χ2v) is 4.82. The molecule has 2 rings (SSSR count). The fourth-order valence-electron chi connectivity index (χ4n) is 0.973. The maximum Gasteiger partial charge on any atom is 0.130 e. The van der Waals surface area contributed by atoms with Crippen molar-refractivity contribution < 1.29 is 0 Å². The van der Waals surface area contributed by atoms with Crippen LogP contribution < -0.4 is 0 Å². The second kappa shape index (κ2) is 5.59. The van der Waals surface area contributed by atoms with E-state index in [1.54, 1.807) is 23.1 Å². The van der Waals surface area contributed by atoms with E-state index in [0.29, 0.717) is 5.15 Å². The molecule has 0 aliphatic rings. The molecule has 76 valence electrons. The minimum Gasteiger partial charge on any atom is -0.225 e. The number of rotatable bonds is 1. The van der Waals surface area contributed by atoms with Crippen molar-refractivity contribution in [3.8, 4) is 0 Å². The Morgan fingerprint density at radius 3 is 2.71 bits per heavy atom. The zero-order chi connectivity index (χ0) is 10.6. The van der Waals surface area contributed by atoms with Crippen LogP contribution in [0.4, 0.5) is 0 Å². The summed E-state index contributed by atoms with van der Waals surface area (Å²) in [5.74, 6) is 0. The first-order valence-corrected chi connectivity index (χ1v) is 6.81. The molecule has 0 N–H and O–H groups in total. The van der Waals surface area contributed by atoms with Gasteiger partial charge in [-0.2, -0.15) is 0 Å². The van der Waals surface area contributed by atoms with Crippen LogP contribution in [0, 0.1) is 0 Å². The predicted molar refractivity (Wildman–Crippen MR) is 67.8 cm³/mol. The van der Waals surface area contributed by atoms with E-state index in [1.807, 2.05) is 26.0 Å². The third kappa shape index (κ3) is 2.62. The van der Waals surface area contributed by atoms with E-state index >= 15 is 0 Å². The van der Waals surface area contributed by atoms with Gasteiger partial charge in [0, 0.05) is 5.39 Å². The van der Waals surface area contributed by atoms with E-state index in [-0.39, 0.29) is 0 Å². The van der Waals surface area contributed by atoms with Gasteiger partial charge in [-0.05, 0) is 24.5 Å². The third-order valence-corrected chi connectivity index (χ3v) is 3.85. The Morgan fingerprint density at radius 2 is 2.07 bits per heavy atom. The molecule has 0 radical (unpaired) electrons. The van der Waals surface area contributed by atoms with Crippen molar-refractivity contribution in [2.45, 2.75) is 18.1 Å². The lowest BCUT2D eigenvalue weighted by atomic mass is 10.4. The van der Waals surface area contributed by atoms with Crippen LogP contribution in [0.2, 0.25) is 5.15 Å². The molecule has 0 atom stereocenters. The van der Waals surface area contributed by atoms with Crippen LogP contribution in [-0.2, 0) is 0 Å². The van der Waals surface area contributed by atoms with E-state index in [4.69, 9.17) is 11.6 Å². The molecule has 0 aliphatic heterocycles. The Bertz CT molecular complexity index is 411. The van der Waals surface area contributed by atoms with E-state index in [2.05, 4.69) is 17.3 Å². The van der Waals surface area contributed by atoms with Gasteiger partial charge in [-0.25, -0.2) is 4.98 Å². The second-order valence-electron chi connectivity index (χ2n) is 2.30. The maximum atomic E-state index is 5.76. The minimum absolute atomic E-state index is 0.567. The molecule has 4 heteroatoms. The summed E-state index contributed by atoms with van der Waals surface area (Å²) in [6, 6.07) is 5.95. The van der Waals surface area contributed by atoms with E-state index in [9.17, 15) is 0 Å². The maximum absolute atomic E-state index is 5.76. The largest absolute Gasteiger partial charge is 0.225 e. The summed E-state index contributed by atoms with van der Waals surface area (Å²) in [5.41, 5.74) is 0. The van der Waals surface area contributed by atoms with Crippen molar-refractivity contribution in [3.05, 3.63) is 23.4 Å². The summed E-state index contributed by atoms with van der Waals surface area (Å²) in [6.45, 7) is 4.00. The lowest BCUT2D eigenvalue weighted by Crippen LogP contribution is -1.70. The molecule has 0 aliphatic carbocycles. The molecule has 0 bridgehead atoms. The number of hydrogen-bond acceptors (Lipinski definition) is 3. The molecule has 0 saturated carbocycles. The first-order chi connectivity index (χ1) is 6.79. The Labute approximate surface area is 97.5 Å². The van der Waals surface area contributed by atoms with Gasteiger partial charge >= 0.3 is 0 Å². The molecular weight excluding hydrogens is 234 g/mol. The van der Waals surface area contributed by atoms with Crippen LogP contribution in [0.25, 0.3) is 10.2 Å². The number of halogens is 1. The smallest absolute Gasteiger partial charge is 0.130 e. The van der Waals surface area contributed by atoms with Gasteiger partial charge in [0.2, 0.25) is 0 Å². The Hall–Kier alpha value is -0.250. The zero-order valence-corrected chi connectivity index (χ0v) is 10.8. The fourth-order valence-corrected chi connectivity index (χ4v) is 2.75. The Balaban J connectivity index is 0.000000461. The number of thiophene rings is 1. The quantitative estimate of drug-likeness (QED) is 0.534. The summed E-state index contributed by atoms with van der Waals surface area (Å²) in [6.07, 6.45) is 2.06. The van der Waals surface area contributed by atoms with Crippen molar-refractivity contribution >= 4 is 44.9 Å². The van der Waals surface area contributed by atoms with E-state index in [1.165, 1.54) is 9.60 Å². The van der Waals surface area contributed by atoms with Crippen LogP contribution in [0.15, 0.2) is 22.4 Å². The SMILES string of the molecule is CC.CSc1cc2ccc(Cl)nc2s1. The third-order valence-electron chi connectivity index (χ3n) is 1.53. The van der Waals surface area contributed by atoms with E-state index in [0.717, 1.165) is 4.83 Å². The van der Waals surface area contributed by atoms with Crippen LogP contribution in [0.3, 0.4) is 0 Å². The van der Waals surface area contributed by atoms with Crippen molar-refractivity contribution in [3.63, 3.8) is 0 Å². The van der Waals surface area contributed by atoms with Gasteiger partial charge in [0.25, 0.3) is 0 Å². The lowest BCUT2D eigenvalue weighted by molar-refractivity contribution is 1.44. The number of thioether (sulfide) groups is 1. The molecule has 2 heterocycles. The highest BCUT2D eigenvalue weighted by Gasteiger charge is 2.01. The van der Waals surface area contributed by atoms with Crippen molar-refractivity contribution in [1.29, 1.82) is 0 Å². The first kappa shape index (κ1) is 11.8. The molecule has 0 amide bonds. The summed E-state index contributed by atoms with van der Waals surface area (Å²) < 4.78 is 1.28. The van der Waals surface area contributed by atoms with Gasteiger partial charge in [0.05, 0.1) is 4.21 Å². The molecule has 0 spiro atoms. The number of fused-ring (bicyclic) bond motifs is 1. The molecule has 0 fully saturated rings. The summed E-state index contributed by atoms with van der Waals surface area (Å²) in [5, 5.41) is 1.74. The first-order valence-electron chi connectivity index (χ1n) is 4.39. The predicted octanol–water partition coefficient (Wildman–Crippen LogP) is 4.70. The molecule has 0 saturated heterocycles. The topological polar surface area (TPSA) is 12.9 Å². The Morgan fingerprint density at radius 1 is 1.36 bits per heavy atom. The number of pyridine rings is 1. The number of nitrogens with zero attached hydrogens (tertiary/aromatic N) is 1. The lowest BCUT2D eigenvalue weighted by Gasteiger charge is -1.87. The minimum atomic E-state index is 0.567.